The minimum absolute atomic E-state index is 0.00971. The number of nitrogens with zero attached hydrogens (tertiary/aromatic N) is 2. The number of allylic oxidation sites excluding steroid dienone is 2. The molecule has 13 heteroatoms. The third kappa shape index (κ3) is 4.66. The predicted octanol–water partition coefficient (Wildman–Crippen LogP) is 1.99. The molecule has 4 N–H and O–H groups in total. The van der Waals surface area contributed by atoms with Crippen LogP contribution in [-0.2, 0) is 19.2 Å². The van der Waals surface area contributed by atoms with Crippen molar-refractivity contribution in [3.8, 4) is 0 Å². The van der Waals surface area contributed by atoms with Gasteiger partial charge in [-0.05, 0) is 67.9 Å². The van der Waals surface area contributed by atoms with Crippen LogP contribution in [0.25, 0.3) is 11.0 Å². The maximum Gasteiger partial charge on any atom is 0.290 e. The van der Waals surface area contributed by atoms with Gasteiger partial charge < -0.3 is 25.8 Å². The highest BCUT2D eigenvalue weighted by Gasteiger charge is 2.58. The molecule has 11 nitrogen and oxygen atoms in total. The van der Waals surface area contributed by atoms with E-state index in [0.717, 1.165) is 19.3 Å². The van der Waals surface area contributed by atoms with Crippen molar-refractivity contribution < 1.29 is 24.0 Å². The Morgan fingerprint density at radius 2 is 1.83 bits per heavy atom. The molecule has 7 rings (SSSR count). The average Bonchev–Trinajstić information content (AvgIpc) is 3.46. The van der Waals surface area contributed by atoms with E-state index in [0.29, 0.717) is 40.6 Å². The normalized spacial score (nSPS) is 30.0. The molecule has 220 valence electrons. The van der Waals surface area contributed by atoms with Crippen molar-refractivity contribution in [3.05, 3.63) is 40.2 Å². The van der Waals surface area contributed by atoms with Crippen molar-refractivity contribution in [2.75, 3.05) is 13.1 Å². The van der Waals surface area contributed by atoms with Crippen LogP contribution < -0.4 is 16.0 Å². The molecule has 2 bridgehead atoms. The number of rotatable bonds is 8. The van der Waals surface area contributed by atoms with E-state index in [-0.39, 0.29) is 47.9 Å². The minimum Gasteiger partial charge on any atom is -0.356 e. The first-order chi connectivity index (χ1) is 20.2. The van der Waals surface area contributed by atoms with Gasteiger partial charge in [-0.3, -0.25) is 24.0 Å². The topological polar surface area (TPSA) is 153 Å². The van der Waals surface area contributed by atoms with Gasteiger partial charge in [-0.25, -0.2) is 4.98 Å². The third-order valence-corrected chi connectivity index (χ3v) is 10.1. The van der Waals surface area contributed by atoms with Gasteiger partial charge >= 0.3 is 0 Å². The Morgan fingerprint density at radius 3 is 2.55 bits per heavy atom. The number of Topliss-reactive ketones (excluding diaryl/α,β-unsaturated/α-hetero) is 1. The van der Waals surface area contributed by atoms with E-state index < -0.39 is 41.5 Å². The largest absolute Gasteiger partial charge is 0.356 e. The number of imidazole rings is 1. The number of halogens is 2. The first-order valence-electron chi connectivity index (χ1n) is 14.5. The van der Waals surface area contributed by atoms with E-state index in [1.54, 1.807) is 12.1 Å². The van der Waals surface area contributed by atoms with E-state index in [9.17, 15) is 24.0 Å². The number of hydrogen-bond donors (Lipinski definition) is 4. The number of ketones is 1. The standard InChI is InChI=1S/C29H30Cl2N6O5/c30-17-5-6-18(31)22-21(17)35-25(36-22)29(42)37-11-16-12-1-2-13(9-12)20(16)23(37)27(40)34-19(10-14-7-8-32-26(14)39)24(38)28(41)33-15-3-4-15/h1-2,5-6,12-16,19-20,23H,3-4,7-11H2,(H,32,39)(H,33,41)(H,34,40)(H,35,36)/t12-,13+,14+,16-,19?,20+,23+/m1/s1. The Labute approximate surface area is 251 Å². The smallest absolute Gasteiger partial charge is 0.290 e. The zero-order chi connectivity index (χ0) is 29.3. The summed E-state index contributed by atoms with van der Waals surface area (Å²) in [5.74, 6) is -2.95. The lowest BCUT2D eigenvalue weighted by atomic mass is 9.81. The molecule has 42 heavy (non-hydrogen) atoms. The molecule has 4 fully saturated rings. The van der Waals surface area contributed by atoms with Gasteiger partial charge in [0.15, 0.2) is 5.82 Å². The van der Waals surface area contributed by atoms with Crippen molar-refractivity contribution in [2.45, 2.75) is 50.2 Å². The minimum atomic E-state index is -1.20. The fourth-order valence-electron chi connectivity index (χ4n) is 7.31. The van der Waals surface area contributed by atoms with Gasteiger partial charge in [-0.1, -0.05) is 35.4 Å². The molecule has 2 aromatic rings. The molecule has 5 aliphatic rings. The molecule has 2 saturated heterocycles. The van der Waals surface area contributed by atoms with E-state index >= 15 is 0 Å². The van der Waals surface area contributed by atoms with Gasteiger partial charge in [0, 0.05) is 25.0 Å². The zero-order valence-corrected chi connectivity index (χ0v) is 24.1. The monoisotopic (exact) mass is 612 g/mol. The Balaban J connectivity index is 1.18. The van der Waals surface area contributed by atoms with Gasteiger partial charge in [-0.15, -0.1) is 0 Å². The summed E-state index contributed by atoms with van der Waals surface area (Å²) < 4.78 is 0. The maximum atomic E-state index is 14.1. The van der Waals surface area contributed by atoms with E-state index in [2.05, 4.69) is 38.1 Å². The lowest BCUT2D eigenvalue weighted by Crippen LogP contribution is -2.56. The lowest BCUT2D eigenvalue weighted by molar-refractivity contribution is -0.141. The second-order valence-corrected chi connectivity index (χ2v) is 12.9. The molecule has 0 radical (unpaired) electrons. The maximum absolute atomic E-state index is 14.1. The van der Waals surface area contributed by atoms with E-state index in [1.807, 2.05) is 0 Å². The summed E-state index contributed by atoms with van der Waals surface area (Å²) >= 11 is 12.6. The van der Waals surface area contributed by atoms with Crippen LogP contribution in [0.5, 0.6) is 0 Å². The van der Waals surface area contributed by atoms with Crippen LogP contribution in [0.2, 0.25) is 10.0 Å². The summed E-state index contributed by atoms with van der Waals surface area (Å²) in [5, 5.41) is 8.95. The SMILES string of the molecule is O=C(NC1CC1)C(=O)C(C[C@@H]1CCNC1=O)NC(=O)[C@@H]1[C@@H]2[C@H](CN1C(=O)c1nc3c(Cl)ccc(Cl)c3[nH]1)[C@@H]1C=C[C@H]2C1. The number of aromatic nitrogens is 2. The van der Waals surface area contributed by atoms with Crippen molar-refractivity contribution in [3.63, 3.8) is 0 Å². The third-order valence-electron chi connectivity index (χ3n) is 9.53. The molecular formula is C29H30Cl2N6O5. The second kappa shape index (κ2) is 10.4. The first kappa shape index (κ1) is 27.4. The van der Waals surface area contributed by atoms with E-state index in [1.165, 1.54) is 4.90 Å². The molecule has 1 unspecified atom stereocenters. The van der Waals surface area contributed by atoms with Gasteiger partial charge in [-0.2, -0.15) is 0 Å². The molecule has 4 amide bonds. The molecule has 2 aliphatic heterocycles. The number of carbonyl (C=O) groups is 5. The summed E-state index contributed by atoms with van der Waals surface area (Å²) in [6.07, 6.45) is 7.29. The van der Waals surface area contributed by atoms with Crippen molar-refractivity contribution in [1.82, 2.24) is 30.8 Å². The van der Waals surface area contributed by atoms with Gasteiger partial charge in [0.1, 0.15) is 11.6 Å². The second-order valence-electron chi connectivity index (χ2n) is 12.1. The highest BCUT2D eigenvalue weighted by molar-refractivity contribution is 6.39. The predicted molar refractivity (Wildman–Crippen MR) is 152 cm³/mol. The number of hydrogen-bond acceptors (Lipinski definition) is 6. The number of H-pyrrole nitrogens is 1. The van der Waals surface area contributed by atoms with Crippen LogP contribution in [0.3, 0.4) is 0 Å². The molecule has 1 aromatic heterocycles. The summed E-state index contributed by atoms with van der Waals surface area (Å²) in [7, 11) is 0. The summed E-state index contributed by atoms with van der Waals surface area (Å²) in [6, 6.07) is 1.09. The van der Waals surface area contributed by atoms with Crippen LogP contribution >= 0.6 is 23.2 Å². The number of carbonyl (C=O) groups excluding carboxylic acids is 5. The molecule has 1 aromatic carbocycles. The lowest BCUT2D eigenvalue weighted by Gasteiger charge is -2.30. The molecule has 2 saturated carbocycles. The highest BCUT2D eigenvalue weighted by Crippen LogP contribution is 2.54. The van der Waals surface area contributed by atoms with Gasteiger partial charge in [0.25, 0.3) is 11.8 Å². The van der Waals surface area contributed by atoms with Crippen molar-refractivity contribution in [1.29, 1.82) is 0 Å². The molecular weight excluding hydrogens is 583 g/mol. The summed E-state index contributed by atoms with van der Waals surface area (Å²) in [6.45, 7) is 0.819. The molecule has 3 heterocycles. The van der Waals surface area contributed by atoms with Crippen LogP contribution in [0, 0.1) is 29.6 Å². The Kier molecular flexibility index (Phi) is 6.77. The zero-order valence-electron chi connectivity index (χ0n) is 22.6. The van der Waals surface area contributed by atoms with E-state index in [4.69, 9.17) is 23.2 Å². The summed E-state index contributed by atoms with van der Waals surface area (Å²) in [5.41, 5.74) is 0.786. The average molecular weight is 614 g/mol. The number of likely N-dealkylation sites (tertiary alicyclic amines) is 1. The number of nitrogens with one attached hydrogen (secondary N) is 4. The van der Waals surface area contributed by atoms with Crippen LogP contribution in [0.4, 0.5) is 0 Å². The Hall–Kier alpha value is -3.44. The quantitative estimate of drug-likeness (QED) is 0.264. The molecule has 3 aliphatic carbocycles. The van der Waals surface area contributed by atoms with Crippen molar-refractivity contribution >= 4 is 63.6 Å². The van der Waals surface area contributed by atoms with Gasteiger partial charge in [0.2, 0.25) is 17.6 Å². The molecule has 7 atom stereocenters. The summed E-state index contributed by atoms with van der Waals surface area (Å²) in [4.78, 5) is 75.4. The fourth-order valence-corrected chi connectivity index (χ4v) is 7.71. The number of benzene rings is 1. The van der Waals surface area contributed by atoms with Crippen LogP contribution in [-0.4, -0.2) is 75.5 Å². The Morgan fingerprint density at radius 1 is 1.07 bits per heavy atom. The fraction of sp³-hybridized carbons (Fsp3) is 0.517. The van der Waals surface area contributed by atoms with Crippen LogP contribution in [0.15, 0.2) is 24.3 Å². The Bertz CT molecular complexity index is 1510. The number of fused-ring (bicyclic) bond motifs is 6. The number of amides is 4. The highest BCUT2D eigenvalue weighted by atomic mass is 35.5. The van der Waals surface area contributed by atoms with Crippen molar-refractivity contribution in [2.24, 2.45) is 29.6 Å². The van der Waals surface area contributed by atoms with Crippen LogP contribution in [0.1, 0.15) is 42.7 Å². The first-order valence-corrected chi connectivity index (χ1v) is 15.2. The van der Waals surface area contributed by atoms with Gasteiger partial charge in [0.05, 0.1) is 21.6 Å². The molecule has 0 spiro atoms. The number of aromatic amines is 1.